The molecule has 0 radical (unpaired) electrons. The van der Waals surface area contributed by atoms with Gasteiger partial charge in [-0.2, -0.15) is 0 Å². The molecular formula is C19H20ClN3O5. The van der Waals surface area contributed by atoms with Crippen molar-refractivity contribution < 1.29 is 24.2 Å². The Morgan fingerprint density at radius 2 is 1.54 bits per heavy atom. The fourth-order valence-corrected chi connectivity index (χ4v) is 2.26. The second-order valence-corrected chi connectivity index (χ2v) is 5.76. The van der Waals surface area contributed by atoms with Gasteiger partial charge in [0.2, 0.25) is 0 Å². The summed E-state index contributed by atoms with van der Waals surface area (Å²) in [5.74, 6) is -1.58. The normalized spacial score (nSPS) is 10.9. The molecule has 2 aromatic carbocycles. The molecular weight excluding hydrogens is 386 g/mol. The number of nitrogens with one attached hydrogen (secondary N) is 2. The van der Waals surface area contributed by atoms with Crippen molar-refractivity contribution in [1.82, 2.24) is 5.32 Å². The summed E-state index contributed by atoms with van der Waals surface area (Å²) in [7, 11) is 0. The van der Waals surface area contributed by atoms with Crippen molar-refractivity contribution in [3.05, 3.63) is 65.2 Å². The molecule has 0 saturated carbocycles. The molecule has 2 rings (SSSR count). The van der Waals surface area contributed by atoms with E-state index in [0.29, 0.717) is 22.4 Å². The summed E-state index contributed by atoms with van der Waals surface area (Å²) in [4.78, 5) is 35.2. The first-order valence-electron chi connectivity index (χ1n) is 8.02. The first-order chi connectivity index (χ1) is 12.8. The summed E-state index contributed by atoms with van der Waals surface area (Å²) in [6.07, 6.45) is 0. The molecule has 0 aliphatic carbocycles. The lowest BCUT2D eigenvalue weighted by molar-refractivity contribution is -0.139. The zero-order chi connectivity index (χ0) is 20.0. The van der Waals surface area contributed by atoms with Gasteiger partial charge in [-0.05, 0) is 43.3 Å². The number of nitrogen functional groups attached to an aromatic ring is 1. The molecule has 0 bridgehead atoms. The highest BCUT2D eigenvalue weighted by Crippen LogP contribution is 2.14. The second-order valence-electron chi connectivity index (χ2n) is 5.76. The van der Waals surface area contributed by atoms with Gasteiger partial charge in [0, 0.05) is 16.7 Å². The van der Waals surface area contributed by atoms with E-state index in [1.54, 1.807) is 19.1 Å². The minimum absolute atomic E-state index is 0. The van der Waals surface area contributed by atoms with Crippen LogP contribution in [-0.4, -0.2) is 41.3 Å². The van der Waals surface area contributed by atoms with Crippen LogP contribution in [0.4, 0.5) is 0 Å². The third-order valence-corrected chi connectivity index (χ3v) is 3.70. The predicted octanol–water partition coefficient (Wildman–Crippen LogP) is 1.86. The number of Topliss-reactive ketones (excluding diaryl/α,β-unsaturated/α-hetero) is 1. The Balaban J connectivity index is 0.00000392. The van der Waals surface area contributed by atoms with Crippen molar-refractivity contribution in [2.45, 2.75) is 13.0 Å². The zero-order valence-corrected chi connectivity index (χ0v) is 15.8. The van der Waals surface area contributed by atoms with Crippen LogP contribution < -0.4 is 15.8 Å². The molecule has 8 nitrogen and oxygen atoms in total. The molecule has 1 atom stereocenters. The molecule has 0 spiro atoms. The summed E-state index contributed by atoms with van der Waals surface area (Å²) in [6.45, 7) is 1.10. The van der Waals surface area contributed by atoms with Gasteiger partial charge >= 0.3 is 5.97 Å². The van der Waals surface area contributed by atoms with Crippen LogP contribution in [-0.2, 0) is 4.79 Å². The van der Waals surface area contributed by atoms with E-state index in [4.69, 9.17) is 21.0 Å². The van der Waals surface area contributed by atoms with Crippen molar-refractivity contribution in [2.75, 3.05) is 6.61 Å². The highest BCUT2D eigenvalue weighted by molar-refractivity contribution is 6.04. The van der Waals surface area contributed by atoms with Crippen LogP contribution in [0.25, 0.3) is 0 Å². The number of hydrogen-bond acceptors (Lipinski definition) is 5. The summed E-state index contributed by atoms with van der Waals surface area (Å²) in [5, 5.41) is 18.5. The molecule has 0 heterocycles. The van der Waals surface area contributed by atoms with Crippen molar-refractivity contribution in [3.8, 4) is 5.75 Å². The quantitative estimate of drug-likeness (QED) is 0.300. The fraction of sp³-hybridized carbons (Fsp3) is 0.158. The molecule has 0 fully saturated rings. The van der Waals surface area contributed by atoms with Gasteiger partial charge in [0.25, 0.3) is 5.91 Å². The van der Waals surface area contributed by atoms with Crippen LogP contribution in [0.5, 0.6) is 5.75 Å². The van der Waals surface area contributed by atoms with Crippen LogP contribution >= 0.6 is 12.4 Å². The first kappa shape index (κ1) is 22.7. The molecule has 1 unspecified atom stereocenters. The van der Waals surface area contributed by atoms with Crippen molar-refractivity contribution in [1.29, 1.82) is 5.41 Å². The molecule has 0 aromatic heterocycles. The van der Waals surface area contributed by atoms with E-state index in [9.17, 15) is 14.4 Å². The van der Waals surface area contributed by atoms with E-state index >= 15 is 0 Å². The lowest BCUT2D eigenvalue weighted by Crippen LogP contribution is -2.38. The van der Waals surface area contributed by atoms with Gasteiger partial charge in [-0.25, -0.2) is 4.79 Å². The molecule has 0 saturated heterocycles. The predicted molar refractivity (Wildman–Crippen MR) is 106 cm³/mol. The van der Waals surface area contributed by atoms with E-state index < -0.39 is 24.5 Å². The molecule has 2 aromatic rings. The number of benzene rings is 2. The number of carboxylic acids is 1. The lowest BCUT2D eigenvalue weighted by Gasteiger charge is -2.13. The van der Waals surface area contributed by atoms with Gasteiger partial charge in [-0.15, -0.1) is 12.4 Å². The van der Waals surface area contributed by atoms with E-state index in [1.807, 2.05) is 0 Å². The summed E-state index contributed by atoms with van der Waals surface area (Å²) in [5.41, 5.74) is 6.57. The number of carbonyl (C=O) groups excluding carboxylic acids is 2. The summed E-state index contributed by atoms with van der Waals surface area (Å²) < 4.78 is 5.01. The maximum absolute atomic E-state index is 12.4. The average molecular weight is 406 g/mol. The Morgan fingerprint density at radius 3 is 2.04 bits per heavy atom. The minimum Gasteiger partial charge on any atom is -0.482 e. The summed E-state index contributed by atoms with van der Waals surface area (Å²) in [6, 6.07) is 11.4. The maximum atomic E-state index is 12.4. The number of ether oxygens (including phenoxy) is 1. The molecule has 0 aliphatic rings. The van der Waals surface area contributed by atoms with Crippen LogP contribution in [0.15, 0.2) is 48.5 Å². The maximum Gasteiger partial charge on any atom is 0.341 e. The number of aliphatic carboxylic acids is 1. The Hall–Kier alpha value is -3.39. The van der Waals surface area contributed by atoms with Gasteiger partial charge in [-0.1, -0.05) is 12.1 Å². The lowest BCUT2D eigenvalue weighted by atomic mass is 10.0. The second kappa shape index (κ2) is 10.1. The highest BCUT2D eigenvalue weighted by Gasteiger charge is 2.18. The number of amidine groups is 1. The van der Waals surface area contributed by atoms with Crippen LogP contribution in [0.3, 0.4) is 0 Å². The molecule has 28 heavy (non-hydrogen) atoms. The molecule has 9 heteroatoms. The van der Waals surface area contributed by atoms with Gasteiger partial charge in [0.05, 0.1) is 6.04 Å². The molecule has 5 N–H and O–H groups in total. The van der Waals surface area contributed by atoms with Crippen LogP contribution in [0.1, 0.15) is 33.2 Å². The SMILES string of the molecule is CC(NC(=O)c1ccc(C(=N)N)cc1)C(=O)c1ccc(OCC(=O)O)cc1.Cl. The Labute approximate surface area is 167 Å². The Bertz CT molecular complexity index is 866. The van der Waals surface area contributed by atoms with E-state index in [0.717, 1.165) is 0 Å². The number of amides is 1. The number of halogens is 1. The van der Waals surface area contributed by atoms with E-state index in [-0.39, 0.29) is 24.0 Å². The van der Waals surface area contributed by atoms with Crippen molar-refractivity contribution >= 4 is 35.9 Å². The number of hydrogen-bond donors (Lipinski definition) is 4. The Kier molecular flexibility index (Phi) is 8.15. The zero-order valence-electron chi connectivity index (χ0n) is 15.0. The number of carbonyl (C=O) groups is 3. The first-order valence-corrected chi connectivity index (χ1v) is 8.02. The topological polar surface area (TPSA) is 143 Å². The Morgan fingerprint density at radius 1 is 1.04 bits per heavy atom. The average Bonchev–Trinajstić information content (AvgIpc) is 2.66. The van der Waals surface area contributed by atoms with Gasteiger partial charge in [0.1, 0.15) is 11.6 Å². The summed E-state index contributed by atoms with van der Waals surface area (Å²) >= 11 is 0. The molecule has 1 amide bonds. The number of rotatable bonds is 8. The largest absolute Gasteiger partial charge is 0.482 e. The van der Waals surface area contributed by atoms with Crippen molar-refractivity contribution in [2.24, 2.45) is 5.73 Å². The van der Waals surface area contributed by atoms with E-state index in [2.05, 4.69) is 5.32 Å². The molecule has 0 aliphatic heterocycles. The minimum atomic E-state index is -1.09. The number of nitrogens with two attached hydrogens (primary N) is 1. The monoisotopic (exact) mass is 405 g/mol. The highest BCUT2D eigenvalue weighted by atomic mass is 35.5. The van der Waals surface area contributed by atoms with Crippen molar-refractivity contribution in [3.63, 3.8) is 0 Å². The molecule has 148 valence electrons. The van der Waals surface area contributed by atoms with Gasteiger partial charge in [0.15, 0.2) is 12.4 Å². The third kappa shape index (κ3) is 6.10. The number of ketones is 1. The fourth-order valence-electron chi connectivity index (χ4n) is 2.26. The van der Waals surface area contributed by atoms with Gasteiger partial charge in [-0.3, -0.25) is 15.0 Å². The standard InChI is InChI=1S/C19H19N3O5.ClH/c1-11(22-19(26)14-4-2-13(3-5-14)18(20)21)17(25)12-6-8-15(9-7-12)27-10-16(23)24;/h2-9,11H,10H2,1H3,(H3,20,21)(H,22,26)(H,23,24);1H. The van der Waals surface area contributed by atoms with Gasteiger partial charge < -0.3 is 20.9 Å². The number of carboxylic acid groups (broad SMARTS) is 1. The third-order valence-electron chi connectivity index (χ3n) is 3.70. The van der Waals surface area contributed by atoms with E-state index in [1.165, 1.54) is 36.4 Å². The van der Waals surface area contributed by atoms with Crippen LogP contribution in [0.2, 0.25) is 0 Å². The smallest absolute Gasteiger partial charge is 0.341 e. The van der Waals surface area contributed by atoms with Crippen LogP contribution in [0, 0.1) is 5.41 Å².